The van der Waals surface area contributed by atoms with Gasteiger partial charge < -0.3 is 5.11 Å². The van der Waals surface area contributed by atoms with Crippen LogP contribution < -0.4 is 0 Å². The van der Waals surface area contributed by atoms with Crippen LogP contribution in [-0.2, 0) is 4.79 Å². The minimum Gasteiger partial charge on any atom is -0.481 e. The fraction of sp³-hybridized carbons (Fsp3) is 0.444. The molecule has 0 aliphatic heterocycles. The predicted octanol–water partition coefficient (Wildman–Crippen LogP) is 1.31. The van der Waals surface area contributed by atoms with Gasteiger partial charge in [-0.3, -0.25) is 9.36 Å². The minimum atomic E-state index is -0.859. The van der Waals surface area contributed by atoms with Crippen LogP contribution in [0, 0.1) is 0 Å². The Balaban J connectivity index is 1.93. The summed E-state index contributed by atoms with van der Waals surface area (Å²) in [5, 5.41) is 23.3. The van der Waals surface area contributed by atoms with Gasteiger partial charge in [-0.05, 0) is 24.4 Å². The second-order valence-electron chi connectivity index (χ2n) is 3.88. The number of rotatable bonds is 5. The quantitative estimate of drug-likeness (QED) is 0.827. The van der Waals surface area contributed by atoms with Crippen molar-refractivity contribution in [3.63, 3.8) is 0 Å². The molecule has 1 saturated carbocycles. The van der Waals surface area contributed by atoms with E-state index in [-0.39, 0.29) is 5.75 Å². The lowest BCUT2D eigenvalue weighted by atomic mass is 10.4. The van der Waals surface area contributed by atoms with E-state index in [4.69, 9.17) is 5.11 Å². The highest BCUT2D eigenvalue weighted by Crippen LogP contribution is 2.40. The number of carbonyl (C=O) groups is 1. The minimum absolute atomic E-state index is 0.0137. The first-order valence-corrected chi connectivity index (χ1v) is 7.15. The molecule has 9 heteroatoms. The topological polar surface area (TPSA) is 93.8 Å². The Hall–Kier alpha value is -1.48. The first kappa shape index (κ1) is 11.6. The zero-order chi connectivity index (χ0) is 12.5. The van der Waals surface area contributed by atoms with Gasteiger partial charge in [0.05, 0.1) is 5.75 Å². The van der Waals surface area contributed by atoms with Gasteiger partial charge in [-0.1, -0.05) is 16.3 Å². The van der Waals surface area contributed by atoms with Crippen LogP contribution in [0.3, 0.4) is 0 Å². The van der Waals surface area contributed by atoms with E-state index in [1.807, 2.05) is 9.95 Å². The molecule has 7 nitrogen and oxygen atoms in total. The molecule has 18 heavy (non-hydrogen) atoms. The molecule has 0 spiro atoms. The van der Waals surface area contributed by atoms with Gasteiger partial charge >= 0.3 is 5.97 Å². The molecule has 0 radical (unpaired) electrons. The molecular weight excluding hydrogens is 274 g/mol. The summed E-state index contributed by atoms with van der Waals surface area (Å²) < 4.78 is 5.79. The van der Waals surface area contributed by atoms with Crippen molar-refractivity contribution in [1.29, 1.82) is 0 Å². The van der Waals surface area contributed by atoms with Crippen LogP contribution in [-0.4, -0.2) is 41.2 Å². The zero-order valence-corrected chi connectivity index (χ0v) is 10.8. The Morgan fingerprint density at radius 3 is 2.94 bits per heavy atom. The maximum atomic E-state index is 10.6. The number of hydrogen-bond acceptors (Lipinski definition) is 7. The molecule has 2 aromatic heterocycles. The Morgan fingerprint density at radius 1 is 1.50 bits per heavy atom. The molecule has 1 aliphatic carbocycles. The fourth-order valence-corrected chi connectivity index (χ4v) is 2.76. The van der Waals surface area contributed by atoms with Crippen molar-refractivity contribution in [2.24, 2.45) is 0 Å². The first-order chi connectivity index (χ1) is 8.75. The van der Waals surface area contributed by atoms with E-state index in [0.717, 1.165) is 12.8 Å². The van der Waals surface area contributed by atoms with Gasteiger partial charge in [0.1, 0.15) is 5.69 Å². The van der Waals surface area contributed by atoms with Crippen molar-refractivity contribution in [3.05, 3.63) is 5.38 Å². The molecule has 0 amide bonds. The maximum Gasteiger partial charge on any atom is 0.313 e. The molecule has 1 N–H and O–H groups in total. The van der Waals surface area contributed by atoms with Crippen LogP contribution in [0.2, 0.25) is 0 Å². The second kappa shape index (κ2) is 4.65. The van der Waals surface area contributed by atoms with Crippen LogP contribution in [0.15, 0.2) is 10.5 Å². The third kappa shape index (κ3) is 2.23. The van der Waals surface area contributed by atoms with Crippen LogP contribution in [0.4, 0.5) is 0 Å². The summed E-state index contributed by atoms with van der Waals surface area (Å²) in [6.45, 7) is 0. The standard InChI is InChI=1S/C9H9N5O2S2/c15-7(16)4-17-9-12-11-8(6-3-18-13-10-6)14(9)5-1-2-5/h3,5H,1-2,4H2,(H,15,16). The number of thioether (sulfide) groups is 1. The normalized spacial score (nSPS) is 14.9. The molecule has 0 aromatic carbocycles. The molecule has 0 atom stereocenters. The molecular formula is C9H9N5O2S2. The SMILES string of the molecule is O=C(O)CSc1nnc(-c2csnn2)n1C1CC1. The Labute approximate surface area is 110 Å². The summed E-state index contributed by atoms with van der Waals surface area (Å²) in [5.41, 5.74) is 0.696. The lowest BCUT2D eigenvalue weighted by Crippen LogP contribution is -2.03. The smallest absolute Gasteiger partial charge is 0.313 e. The fourth-order valence-electron chi connectivity index (χ4n) is 1.60. The third-order valence-electron chi connectivity index (χ3n) is 2.49. The van der Waals surface area contributed by atoms with Crippen molar-refractivity contribution in [2.45, 2.75) is 24.0 Å². The van der Waals surface area contributed by atoms with Gasteiger partial charge in [0.15, 0.2) is 11.0 Å². The molecule has 94 valence electrons. The lowest BCUT2D eigenvalue weighted by molar-refractivity contribution is -0.133. The highest BCUT2D eigenvalue weighted by Gasteiger charge is 2.31. The van der Waals surface area contributed by atoms with Gasteiger partial charge in [0.25, 0.3) is 0 Å². The van der Waals surface area contributed by atoms with Crippen molar-refractivity contribution < 1.29 is 9.90 Å². The van der Waals surface area contributed by atoms with E-state index in [1.165, 1.54) is 23.3 Å². The van der Waals surface area contributed by atoms with E-state index in [9.17, 15) is 4.79 Å². The summed E-state index contributed by atoms with van der Waals surface area (Å²) in [6.07, 6.45) is 2.15. The maximum absolute atomic E-state index is 10.6. The van der Waals surface area contributed by atoms with Crippen molar-refractivity contribution >= 4 is 29.3 Å². The summed E-state index contributed by atoms with van der Waals surface area (Å²) in [7, 11) is 0. The molecule has 2 heterocycles. The Kier molecular flexibility index (Phi) is 3.00. The van der Waals surface area contributed by atoms with E-state index in [1.54, 1.807) is 0 Å². The average Bonchev–Trinajstić information content (AvgIpc) is 2.90. The molecule has 3 rings (SSSR count). The van der Waals surface area contributed by atoms with E-state index >= 15 is 0 Å². The Bertz CT molecular complexity index is 564. The largest absolute Gasteiger partial charge is 0.481 e. The van der Waals surface area contributed by atoms with E-state index < -0.39 is 5.97 Å². The number of nitrogens with zero attached hydrogens (tertiary/aromatic N) is 5. The monoisotopic (exact) mass is 283 g/mol. The number of aliphatic carboxylic acids is 1. The van der Waals surface area contributed by atoms with E-state index in [2.05, 4.69) is 19.8 Å². The van der Waals surface area contributed by atoms with Crippen LogP contribution in [0.25, 0.3) is 11.5 Å². The van der Waals surface area contributed by atoms with Crippen molar-refractivity contribution in [2.75, 3.05) is 5.75 Å². The summed E-state index contributed by atoms with van der Waals surface area (Å²) >= 11 is 2.45. The van der Waals surface area contributed by atoms with Gasteiger partial charge in [-0.2, -0.15) is 0 Å². The van der Waals surface area contributed by atoms with Gasteiger partial charge in [-0.15, -0.1) is 15.3 Å². The highest BCUT2D eigenvalue weighted by molar-refractivity contribution is 7.99. The third-order valence-corrected chi connectivity index (χ3v) is 3.92. The molecule has 1 fully saturated rings. The molecule has 0 saturated heterocycles. The second-order valence-corrected chi connectivity index (χ2v) is 5.43. The van der Waals surface area contributed by atoms with Crippen molar-refractivity contribution in [1.82, 2.24) is 24.4 Å². The van der Waals surface area contributed by atoms with Gasteiger partial charge in [-0.25, -0.2) is 0 Å². The van der Waals surface area contributed by atoms with Crippen LogP contribution in [0.5, 0.6) is 0 Å². The lowest BCUT2D eigenvalue weighted by Gasteiger charge is -2.05. The first-order valence-electron chi connectivity index (χ1n) is 5.32. The van der Waals surface area contributed by atoms with Crippen LogP contribution >= 0.6 is 23.3 Å². The molecule has 0 bridgehead atoms. The molecule has 1 aliphatic rings. The summed E-state index contributed by atoms with van der Waals surface area (Å²) in [5.74, 6) is -0.193. The van der Waals surface area contributed by atoms with Crippen molar-refractivity contribution in [3.8, 4) is 11.5 Å². The zero-order valence-electron chi connectivity index (χ0n) is 9.18. The van der Waals surface area contributed by atoms with Crippen LogP contribution in [0.1, 0.15) is 18.9 Å². The molecule has 2 aromatic rings. The highest BCUT2D eigenvalue weighted by atomic mass is 32.2. The van der Waals surface area contributed by atoms with E-state index in [0.29, 0.717) is 22.7 Å². The number of carboxylic acids is 1. The molecule has 0 unspecified atom stereocenters. The average molecular weight is 283 g/mol. The number of hydrogen-bond donors (Lipinski definition) is 1. The van der Waals surface area contributed by atoms with Gasteiger partial charge in [0.2, 0.25) is 0 Å². The summed E-state index contributed by atoms with van der Waals surface area (Å²) in [6, 6.07) is 0.369. The number of carboxylic acid groups (broad SMARTS) is 1. The predicted molar refractivity (Wildman–Crippen MR) is 65.6 cm³/mol. The van der Waals surface area contributed by atoms with Gasteiger partial charge in [0, 0.05) is 11.4 Å². The summed E-state index contributed by atoms with van der Waals surface area (Å²) in [4.78, 5) is 10.6. The number of aromatic nitrogens is 5. The Morgan fingerprint density at radius 2 is 2.33 bits per heavy atom.